The normalized spacial score (nSPS) is 13.7. The maximum atomic E-state index is 12.7. The van der Waals surface area contributed by atoms with Crippen LogP contribution in [0, 0.1) is 0 Å². The van der Waals surface area contributed by atoms with E-state index < -0.39 is 26.5 Å². The number of hydrogen-bond acceptors (Lipinski definition) is 8. The van der Waals surface area contributed by atoms with Crippen molar-refractivity contribution in [2.75, 3.05) is 47.5 Å². The van der Waals surface area contributed by atoms with Crippen LogP contribution < -0.4 is 4.89 Å². The van der Waals surface area contributed by atoms with Gasteiger partial charge in [0.15, 0.2) is 6.10 Å². The van der Waals surface area contributed by atoms with Crippen molar-refractivity contribution >= 4 is 19.8 Å². The van der Waals surface area contributed by atoms with Gasteiger partial charge in [0.2, 0.25) is 0 Å². The molecule has 0 saturated carbocycles. The van der Waals surface area contributed by atoms with Gasteiger partial charge in [-0.05, 0) is 51.4 Å². The minimum Gasteiger partial charge on any atom is -0.756 e. The van der Waals surface area contributed by atoms with Gasteiger partial charge < -0.3 is 27.9 Å². The van der Waals surface area contributed by atoms with E-state index >= 15 is 0 Å². The van der Waals surface area contributed by atoms with Crippen molar-refractivity contribution in [2.45, 2.75) is 270 Å². The summed E-state index contributed by atoms with van der Waals surface area (Å²) in [4.78, 5) is 37.4. The number of quaternary nitrogens is 1. The number of phosphoric ester groups is 1. The van der Waals surface area contributed by atoms with Crippen molar-refractivity contribution < 1.29 is 42.1 Å². The van der Waals surface area contributed by atoms with Gasteiger partial charge in [-0.15, -0.1) is 0 Å². The van der Waals surface area contributed by atoms with Gasteiger partial charge in [0.05, 0.1) is 27.7 Å². The Labute approximate surface area is 426 Å². The largest absolute Gasteiger partial charge is 0.756 e. The zero-order valence-electron chi connectivity index (χ0n) is 45.8. The predicted molar refractivity (Wildman–Crippen MR) is 291 cm³/mol. The second kappa shape index (κ2) is 50.9. The van der Waals surface area contributed by atoms with Gasteiger partial charge in [-0.1, -0.05) is 249 Å². The molecule has 0 N–H and O–H groups in total. The smallest absolute Gasteiger partial charge is 0.306 e. The molecule has 2 atom stereocenters. The molecule has 0 fully saturated rings. The van der Waals surface area contributed by atoms with E-state index in [1.54, 1.807) is 0 Å². The molecule has 0 aliphatic rings. The number of carbonyl (C=O) groups is 2. The average molecular weight is 993 g/mol. The van der Waals surface area contributed by atoms with E-state index in [1.807, 2.05) is 21.1 Å². The van der Waals surface area contributed by atoms with Crippen LogP contribution in [0.25, 0.3) is 0 Å². The van der Waals surface area contributed by atoms with Crippen molar-refractivity contribution in [3.8, 4) is 0 Å². The summed E-state index contributed by atoms with van der Waals surface area (Å²) >= 11 is 0. The molecule has 0 aromatic carbocycles. The Morgan fingerprint density at radius 3 is 1.23 bits per heavy atom. The topological polar surface area (TPSA) is 111 Å². The molecule has 0 spiro atoms. The van der Waals surface area contributed by atoms with Crippen LogP contribution in [0.3, 0.4) is 0 Å². The first-order valence-corrected chi connectivity index (χ1v) is 30.3. The molecule has 10 heteroatoms. The van der Waals surface area contributed by atoms with Crippen molar-refractivity contribution in [1.82, 2.24) is 0 Å². The van der Waals surface area contributed by atoms with Gasteiger partial charge in [-0.2, -0.15) is 0 Å². The number of ether oxygens (including phenoxy) is 2. The lowest BCUT2D eigenvalue weighted by Gasteiger charge is -2.28. The predicted octanol–water partition coefficient (Wildman–Crippen LogP) is 17.1. The second-order valence-electron chi connectivity index (χ2n) is 20.6. The molecular weight excluding hydrogens is 882 g/mol. The molecule has 0 bridgehead atoms. The lowest BCUT2D eigenvalue weighted by Crippen LogP contribution is -2.37. The summed E-state index contributed by atoms with van der Waals surface area (Å²) < 4.78 is 33.8. The first-order chi connectivity index (χ1) is 33.5. The molecular formula is C59H110NO8P. The highest BCUT2D eigenvalue weighted by molar-refractivity contribution is 7.45. The van der Waals surface area contributed by atoms with Crippen molar-refractivity contribution in [1.29, 1.82) is 0 Å². The summed E-state index contributed by atoms with van der Waals surface area (Å²) in [5.74, 6) is -0.833. The molecule has 2 unspecified atom stereocenters. The Morgan fingerprint density at radius 2 is 0.826 bits per heavy atom. The van der Waals surface area contributed by atoms with Crippen molar-refractivity contribution in [2.24, 2.45) is 0 Å². The Morgan fingerprint density at radius 1 is 0.464 bits per heavy atom. The number of nitrogens with zero attached hydrogens (tertiary/aromatic N) is 1. The third kappa shape index (κ3) is 55.1. The molecule has 0 aromatic rings. The van der Waals surface area contributed by atoms with Gasteiger partial charge in [-0.3, -0.25) is 14.2 Å². The van der Waals surface area contributed by atoms with Gasteiger partial charge >= 0.3 is 11.9 Å². The minimum absolute atomic E-state index is 0.0283. The van der Waals surface area contributed by atoms with Crippen LogP contribution in [0.15, 0.2) is 48.6 Å². The number of carbonyl (C=O) groups excluding carboxylic acids is 2. The molecule has 0 aliphatic heterocycles. The maximum absolute atomic E-state index is 12.7. The molecule has 0 rings (SSSR count). The van der Waals surface area contributed by atoms with E-state index in [1.165, 1.54) is 167 Å². The monoisotopic (exact) mass is 992 g/mol. The standard InChI is InChI=1S/C59H110NO8P/c1-6-8-10-12-14-15-16-17-18-19-20-21-22-23-24-25-26-27-28-29-30-31-32-33-34-35-36-37-38-39-40-41-42-43-44-45-46-48-50-52-59(62)68-57(55-65-58(61)51-49-47-13-11-9-7-2)56-67-69(63,64)66-54-53-60(3,4)5/h8,10,14-15,17-18,20-21,57H,6-7,9,11-13,16,19,22-56H2,1-5H3/b10-8-,15-14-,18-17-,21-20-. The van der Waals surface area contributed by atoms with Crippen LogP contribution in [-0.4, -0.2) is 70.0 Å². The quantitative estimate of drug-likeness (QED) is 0.0195. The van der Waals surface area contributed by atoms with E-state index in [-0.39, 0.29) is 32.0 Å². The Balaban J connectivity index is 3.74. The summed E-state index contributed by atoms with van der Waals surface area (Å²) in [6, 6.07) is 0. The number of likely N-dealkylation sites (N-methyl/N-ethyl adjacent to an activating group) is 1. The van der Waals surface area contributed by atoms with Crippen LogP contribution in [0.4, 0.5) is 0 Å². The van der Waals surface area contributed by atoms with E-state index in [0.29, 0.717) is 17.4 Å². The first kappa shape index (κ1) is 67.0. The Hall–Kier alpha value is -2.03. The highest BCUT2D eigenvalue weighted by atomic mass is 31.2. The maximum Gasteiger partial charge on any atom is 0.306 e. The van der Waals surface area contributed by atoms with Gasteiger partial charge in [0.1, 0.15) is 19.8 Å². The molecule has 9 nitrogen and oxygen atoms in total. The Bertz CT molecular complexity index is 1310. The van der Waals surface area contributed by atoms with E-state index in [9.17, 15) is 19.0 Å². The number of hydrogen-bond donors (Lipinski definition) is 0. The molecule has 0 heterocycles. The molecule has 0 radical (unpaired) electrons. The van der Waals surface area contributed by atoms with Crippen molar-refractivity contribution in [3.63, 3.8) is 0 Å². The number of allylic oxidation sites excluding steroid dienone is 8. The first-order valence-electron chi connectivity index (χ1n) is 28.8. The second-order valence-corrected chi connectivity index (χ2v) is 22.0. The summed E-state index contributed by atoms with van der Waals surface area (Å²) in [6.07, 6.45) is 63.8. The van der Waals surface area contributed by atoms with Crippen molar-refractivity contribution in [3.05, 3.63) is 48.6 Å². The van der Waals surface area contributed by atoms with E-state index in [2.05, 4.69) is 62.5 Å². The van der Waals surface area contributed by atoms with Gasteiger partial charge in [0.25, 0.3) is 7.82 Å². The molecule has 0 amide bonds. The highest BCUT2D eigenvalue weighted by Gasteiger charge is 2.22. The molecule has 0 aromatic heterocycles. The molecule has 0 saturated heterocycles. The number of esters is 2. The summed E-state index contributed by atoms with van der Waals surface area (Å²) in [5, 5.41) is 0. The third-order valence-electron chi connectivity index (χ3n) is 12.6. The van der Waals surface area contributed by atoms with E-state index in [4.69, 9.17) is 18.5 Å². The highest BCUT2D eigenvalue weighted by Crippen LogP contribution is 2.38. The van der Waals surface area contributed by atoms with Crippen LogP contribution in [0.2, 0.25) is 0 Å². The average Bonchev–Trinajstić information content (AvgIpc) is 3.31. The number of phosphoric acid groups is 1. The summed E-state index contributed by atoms with van der Waals surface area (Å²) in [5.41, 5.74) is 0. The SMILES string of the molecule is CC/C=C\C/C=C\C/C=C\C/C=C\CCCCCCCCCCCCCCCCCCCCCCCCCCCCC(=O)OC(COC(=O)CCCCCCCC)COP(=O)([O-])OCC[N+](C)(C)C. The fraction of sp³-hybridized carbons (Fsp3) is 0.831. The molecule has 404 valence electrons. The van der Waals surface area contributed by atoms with E-state index in [0.717, 1.165) is 64.2 Å². The summed E-state index contributed by atoms with van der Waals surface area (Å²) in [7, 11) is 1.18. The minimum atomic E-state index is -4.62. The number of unbranched alkanes of at least 4 members (excludes halogenated alkanes) is 31. The molecule has 69 heavy (non-hydrogen) atoms. The molecule has 0 aliphatic carbocycles. The fourth-order valence-electron chi connectivity index (χ4n) is 8.18. The zero-order valence-corrected chi connectivity index (χ0v) is 46.7. The van der Waals surface area contributed by atoms with Crippen LogP contribution in [-0.2, 0) is 32.7 Å². The van der Waals surface area contributed by atoms with Crippen LogP contribution >= 0.6 is 7.82 Å². The van der Waals surface area contributed by atoms with Crippen LogP contribution in [0.5, 0.6) is 0 Å². The Kier molecular flexibility index (Phi) is 49.4. The lowest BCUT2D eigenvalue weighted by atomic mass is 10.0. The fourth-order valence-corrected chi connectivity index (χ4v) is 8.91. The zero-order chi connectivity index (χ0) is 50.6. The number of rotatable bonds is 53. The van der Waals surface area contributed by atoms with Crippen LogP contribution in [0.1, 0.15) is 264 Å². The van der Waals surface area contributed by atoms with Gasteiger partial charge in [0, 0.05) is 12.8 Å². The van der Waals surface area contributed by atoms with Gasteiger partial charge in [-0.25, -0.2) is 0 Å². The lowest BCUT2D eigenvalue weighted by molar-refractivity contribution is -0.870. The summed E-state index contributed by atoms with van der Waals surface area (Å²) in [6.45, 7) is 4.07. The third-order valence-corrected chi connectivity index (χ3v) is 13.6.